The molecule has 2 bridgehead atoms. The average Bonchev–Trinajstić information content (AvgIpc) is 2.40. The van der Waals surface area contributed by atoms with E-state index in [1.165, 1.54) is 25.7 Å². The maximum absolute atomic E-state index is 11.5. The van der Waals surface area contributed by atoms with E-state index in [0.29, 0.717) is 18.4 Å². The minimum Gasteiger partial charge on any atom is -0.339 e. The van der Waals surface area contributed by atoms with Gasteiger partial charge in [-0.25, -0.2) is 0 Å². The van der Waals surface area contributed by atoms with Gasteiger partial charge < -0.3 is 4.90 Å². The Kier molecular flexibility index (Phi) is 2.07. The Labute approximate surface area is 73.9 Å². The molecule has 0 spiro atoms. The van der Waals surface area contributed by atoms with Crippen molar-refractivity contribution < 1.29 is 4.79 Å². The lowest BCUT2D eigenvalue weighted by Crippen LogP contribution is -2.34. The molecule has 68 valence electrons. The SMILES string of the molecule is CCC(=O)N1CC2CCCC1C2. The third kappa shape index (κ3) is 1.23. The number of fused-ring (bicyclic) bond motifs is 2. The van der Waals surface area contributed by atoms with Gasteiger partial charge in [-0.05, 0) is 25.2 Å². The predicted molar refractivity (Wildman–Crippen MR) is 47.8 cm³/mol. The number of carbonyl (C=O) groups is 1. The van der Waals surface area contributed by atoms with Gasteiger partial charge in [0, 0.05) is 19.0 Å². The number of nitrogens with zero attached hydrogens (tertiary/aromatic N) is 1. The third-order valence-corrected chi connectivity index (χ3v) is 3.27. The molecule has 2 nitrogen and oxygen atoms in total. The Morgan fingerprint density at radius 2 is 2.33 bits per heavy atom. The third-order valence-electron chi connectivity index (χ3n) is 3.27. The second kappa shape index (κ2) is 3.08. The normalized spacial score (nSPS) is 33.9. The van der Waals surface area contributed by atoms with E-state index in [4.69, 9.17) is 0 Å². The van der Waals surface area contributed by atoms with Gasteiger partial charge in [0.2, 0.25) is 5.91 Å². The number of hydrogen-bond acceptors (Lipinski definition) is 1. The molecule has 0 radical (unpaired) electrons. The second-order valence-electron chi connectivity index (χ2n) is 4.09. The molecule has 1 aliphatic carbocycles. The molecule has 2 rings (SSSR count). The molecule has 1 aliphatic heterocycles. The van der Waals surface area contributed by atoms with E-state index in [1.807, 2.05) is 6.92 Å². The van der Waals surface area contributed by atoms with Crippen LogP contribution in [0.5, 0.6) is 0 Å². The van der Waals surface area contributed by atoms with Crippen molar-refractivity contribution in [2.24, 2.45) is 5.92 Å². The predicted octanol–water partition coefficient (Wildman–Crippen LogP) is 1.80. The summed E-state index contributed by atoms with van der Waals surface area (Å²) in [5.74, 6) is 1.20. The second-order valence-corrected chi connectivity index (χ2v) is 4.09. The molecule has 0 aromatic heterocycles. The molecule has 1 saturated heterocycles. The molecule has 2 unspecified atom stereocenters. The van der Waals surface area contributed by atoms with Gasteiger partial charge in [0.05, 0.1) is 0 Å². The van der Waals surface area contributed by atoms with Gasteiger partial charge in [-0.1, -0.05) is 13.3 Å². The standard InChI is InChI=1S/C10H17NO/c1-2-10(12)11-7-8-4-3-5-9(11)6-8/h8-9H,2-7H2,1H3. The summed E-state index contributed by atoms with van der Waals surface area (Å²) in [6.07, 6.45) is 5.91. The molecule has 0 N–H and O–H groups in total. The van der Waals surface area contributed by atoms with E-state index >= 15 is 0 Å². The van der Waals surface area contributed by atoms with Crippen LogP contribution in [0.2, 0.25) is 0 Å². The lowest BCUT2D eigenvalue weighted by atomic mass is 9.90. The molecular weight excluding hydrogens is 150 g/mol. The highest BCUT2D eigenvalue weighted by molar-refractivity contribution is 5.76. The molecule has 2 aliphatic rings. The topological polar surface area (TPSA) is 20.3 Å². The van der Waals surface area contributed by atoms with Crippen molar-refractivity contribution in [1.82, 2.24) is 4.90 Å². The summed E-state index contributed by atoms with van der Waals surface area (Å²) in [6, 6.07) is 0.608. The Balaban J connectivity index is 2.04. The minimum absolute atomic E-state index is 0.365. The van der Waals surface area contributed by atoms with Gasteiger partial charge in [0.25, 0.3) is 0 Å². The van der Waals surface area contributed by atoms with Crippen LogP contribution < -0.4 is 0 Å². The summed E-state index contributed by atoms with van der Waals surface area (Å²) in [5.41, 5.74) is 0. The Hall–Kier alpha value is -0.530. The highest BCUT2D eigenvalue weighted by Crippen LogP contribution is 2.35. The first-order valence-electron chi connectivity index (χ1n) is 5.10. The largest absolute Gasteiger partial charge is 0.339 e. The molecule has 0 aromatic rings. The van der Waals surface area contributed by atoms with Crippen LogP contribution in [-0.2, 0) is 4.79 Å². The summed E-state index contributed by atoms with van der Waals surface area (Å²) in [5, 5.41) is 0. The van der Waals surface area contributed by atoms with Crippen LogP contribution >= 0.6 is 0 Å². The number of amides is 1. The Bertz CT molecular complexity index is 190. The first-order chi connectivity index (χ1) is 5.81. The summed E-state index contributed by atoms with van der Waals surface area (Å²) in [4.78, 5) is 13.6. The van der Waals surface area contributed by atoms with E-state index in [9.17, 15) is 4.79 Å². The molecule has 0 aromatic carbocycles. The molecule has 1 amide bonds. The van der Waals surface area contributed by atoms with Crippen molar-refractivity contribution in [2.45, 2.75) is 45.1 Å². The van der Waals surface area contributed by atoms with E-state index < -0.39 is 0 Å². The lowest BCUT2D eigenvalue weighted by Gasteiger charge is -2.23. The minimum atomic E-state index is 0.365. The van der Waals surface area contributed by atoms with Crippen molar-refractivity contribution >= 4 is 5.91 Å². The van der Waals surface area contributed by atoms with Crippen LogP contribution in [0.3, 0.4) is 0 Å². The highest BCUT2D eigenvalue weighted by atomic mass is 16.2. The van der Waals surface area contributed by atoms with Crippen LogP contribution in [0.1, 0.15) is 39.0 Å². The van der Waals surface area contributed by atoms with Crippen LogP contribution in [0, 0.1) is 5.92 Å². The van der Waals surface area contributed by atoms with Gasteiger partial charge in [-0.15, -0.1) is 0 Å². The monoisotopic (exact) mass is 167 g/mol. The van der Waals surface area contributed by atoms with E-state index in [0.717, 1.165) is 12.5 Å². The van der Waals surface area contributed by atoms with Crippen molar-refractivity contribution in [3.05, 3.63) is 0 Å². The number of hydrogen-bond donors (Lipinski definition) is 0. The smallest absolute Gasteiger partial charge is 0.222 e. The summed E-state index contributed by atoms with van der Waals surface area (Å²) in [7, 11) is 0. The highest BCUT2D eigenvalue weighted by Gasteiger charge is 2.36. The van der Waals surface area contributed by atoms with Gasteiger partial charge >= 0.3 is 0 Å². The Morgan fingerprint density at radius 3 is 3.00 bits per heavy atom. The van der Waals surface area contributed by atoms with E-state index in [-0.39, 0.29) is 0 Å². The molecule has 1 heterocycles. The zero-order valence-electron chi connectivity index (χ0n) is 7.75. The van der Waals surface area contributed by atoms with Crippen molar-refractivity contribution in [1.29, 1.82) is 0 Å². The van der Waals surface area contributed by atoms with Crippen LogP contribution in [0.25, 0.3) is 0 Å². The van der Waals surface area contributed by atoms with Crippen molar-refractivity contribution in [3.8, 4) is 0 Å². The number of carbonyl (C=O) groups excluding carboxylic acids is 1. The van der Waals surface area contributed by atoms with Gasteiger partial charge in [-0.3, -0.25) is 4.79 Å². The number of rotatable bonds is 1. The first kappa shape index (κ1) is 8.09. The fourth-order valence-electron chi connectivity index (χ4n) is 2.65. The maximum Gasteiger partial charge on any atom is 0.222 e. The van der Waals surface area contributed by atoms with Gasteiger partial charge in [0.15, 0.2) is 0 Å². The first-order valence-corrected chi connectivity index (χ1v) is 5.10. The zero-order valence-corrected chi connectivity index (χ0v) is 7.75. The lowest BCUT2D eigenvalue weighted by molar-refractivity contribution is -0.131. The van der Waals surface area contributed by atoms with E-state index in [2.05, 4.69) is 4.90 Å². The fourth-order valence-corrected chi connectivity index (χ4v) is 2.65. The molecule has 2 heteroatoms. The molecule has 1 saturated carbocycles. The Morgan fingerprint density at radius 1 is 1.50 bits per heavy atom. The average molecular weight is 167 g/mol. The molecule has 12 heavy (non-hydrogen) atoms. The van der Waals surface area contributed by atoms with Crippen LogP contribution in [-0.4, -0.2) is 23.4 Å². The molecule has 2 fully saturated rings. The molecule has 2 atom stereocenters. The van der Waals surface area contributed by atoms with Crippen LogP contribution in [0.4, 0.5) is 0 Å². The van der Waals surface area contributed by atoms with Crippen molar-refractivity contribution in [3.63, 3.8) is 0 Å². The zero-order chi connectivity index (χ0) is 8.55. The summed E-state index contributed by atoms with van der Waals surface area (Å²) < 4.78 is 0. The number of likely N-dealkylation sites (tertiary alicyclic amines) is 1. The summed E-state index contributed by atoms with van der Waals surface area (Å²) in [6.45, 7) is 3.02. The van der Waals surface area contributed by atoms with Crippen molar-refractivity contribution in [2.75, 3.05) is 6.54 Å². The van der Waals surface area contributed by atoms with Gasteiger partial charge in [-0.2, -0.15) is 0 Å². The van der Waals surface area contributed by atoms with Gasteiger partial charge in [0.1, 0.15) is 0 Å². The van der Waals surface area contributed by atoms with Crippen LogP contribution in [0.15, 0.2) is 0 Å². The summed E-state index contributed by atoms with van der Waals surface area (Å²) >= 11 is 0. The maximum atomic E-state index is 11.5. The quantitative estimate of drug-likeness (QED) is 0.583. The molecular formula is C10H17NO. The van der Waals surface area contributed by atoms with E-state index in [1.54, 1.807) is 0 Å². The fraction of sp³-hybridized carbons (Fsp3) is 0.900.